The lowest BCUT2D eigenvalue weighted by Crippen LogP contribution is -2.12. The summed E-state index contributed by atoms with van der Waals surface area (Å²) in [5, 5.41) is 6.63. The van der Waals surface area contributed by atoms with Crippen LogP contribution >= 0.6 is 0 Å². The molecule has 0 bridgehead atoms. The third-order valence-corrected chi connectivity index (χ3v) is 4.29. The van der Waals surface area contributed by atoms with Gasteiger partial charge in [0.2, 0.25) is 0 Å². The largest absolute Gasteiger partial charge is 0.398 e. The Balaban J connectivity index is 1.97. The van der Waals surface area contributed by atoms with Crippen LogP contribution in [0, 0.1) is 6.92 Å². The van der Waals surface area contributed by atoms with Crippen LogP contribution in [0.2, 0.25) is 0 Å². The van der Waals surface area contributed by atoms with Crippen molar-refractivity contribution in [2.75, 3.05) is 18.1 Å². The number of hydrogen-bond acceptors (Lipinski definition) is 4. The van der Waals surface area contributed by atoms with Crippen LogP contribution in [0.1, 0.15) is 18.9 Å². The molecule has 4 heteroatoms. The highest BCUT2D eigenvalue weighted by atomic mass is 14.9. The number of aliphatic imine (C=N–C) groups is 1. The molecular weight excluding hydrogens is 308 g/mol. The minimum absolute atomic E-state index is 0.759. The number of para-hydroxylation sites is 1. The molecule has 25 heavy (non-hydrogen) atoms. The fraction of sp³-hybridized carbons (Fsp3) is 0.190. The van der Waals surface area contributed by atoms with Gasteiger partial charge in [-0.3, -0.25) is 4.99 Å². The summed E-state index contributed by atoms with van der Waals surface area (Å²) in [5.41, 5.74) is 14.1. The number of nitrogens with zero attached hydrogens (tertiary/aromatic N) is 1. The maximum Gasteiger partial charge on any atom is 0.0872 e. The van der Waals surface area contributed by atoms with Crippen molar-refractivity contribution < 1.29 is 0 Å². The van der Waals surface area contributed by atoms with E-state index in [-0.39, 0.29) is 0 Å². The van der Waals surface area contributed by atoms with Crippen molar-refractivity contribution in [3.63, 3.8) is 0 Å². The number of nitrogens with two attached hydrogens (primary N) is 1. The molecule has 0 fully saturated rings. The molecule has 4 N–H and O–H groups in total. The molecule has 1 aliphatic rings. The predicted octanol–water partition coefficient (Wildman–Crippen LogP) is 4.85. The van der Waals surface area contributed by atoms with Crippen LogP contribution in [-0.4, -0.2) is 12.8 Å². The van der Waals surface area contributed by atoms with Crippen LogP contribution in [0.4, 0.5) is 22.7 Å². The van der Waals surface area contributed by atoms with Crippen molar-refractivity contribution in [1.82, 2.24) is 5.32 Å². The fourth-order valence-corrected chi connectivity index (χ4v) is 2.87. The number of allylic oxidation sites excluding steroid dienone is 3. The van der Waals surface area contributed by atoms with Gasteiger partial charge in [-0.25, -0.2) is 0 Å². The quantitative estimate of drug-likeness (QED) is 0.702. The van der Waals surface area contributed by atoms with Gasteiger partial charge in [-0.15, -0.1) is 0 Å². The van der Waals surface area contributed by atoms with E-state index < -0.39 is 0 Å². The van der Waals surface area contributed by atoms with E-state index in [9.17, 15) is 0 Å². The summed E-state index contributed by atoms with van der Waals surface area (Å²) in [4.78, 5) is 4.89. The molecule has 1 aliphatic carbocycles. The van der Waals surface area contributed by atoms with E-state index in [1.807, 2.05) is 56.4 Å². The van der Waals surface area contributed by atoms with Crippen molar-refractivity contribution in [2.45, 2.75) is 20.3 Å². The molecule has 2 aromatic carbocycles. The van der Waals surface area contributed by atoms with Crippen molar-refractivity contribution in [1.29, 1.82) is 0 Å². The molecule has 0 atom stereocenters. The number of nitrogens with one attached hydrogen (secondary N) is 2. The minimum Gasteiger partial charge on any atom is -0.398 e. The van der Waals surface area contributed by atoms with Gasteiger partial charge in [-0.1, -0.05) is 24.3 Å². The summed E-state index contributed by atoms with van der Waals surface area (Å²) in [6.45, 7) is 4.10. The average Bonchev–Trinajstić information content (AvgIpc) is 2.60. The Bertz CT molecular complexity index is 861. The van der Waals surface area contributed by atoms with Crippen LogP contribution in [0.15, 0.2) is 70.9 Å². The Hall–Kier alpha value is -3.01. The van der Waals surface area contributed by atoms with Crippen molar-refractivity contribution in [2.24, 2.45) is 4.99 Å². The topological polar surface area (TPSA) is 62.4 Å². The molecule has 128 valence electrons. The van der Waals surface area contributed by atoms with Gasteiger partial charge in [0.25, 0.3) is 0 Å². The normalized spacial score (nSPS) is 15.6. The van der Waals surface area contributed by atoms with Gasteiger partial charge in [-0.05, 0) is 55.3 Å². The molecule has 4 nitrogen and oxygen atoms in total. The van der Waals surface area contributed by atoms with Gasteiger partial charge in [0.05, 0.1) is 11.4 Å². The molecule has 0 amide bonds. The zero-order valence-electron chi connectivity index (χ0n) is 14.9. The van der Waals surface area contributed by atoms with Crippen LogP contribution < -0.4 is 16.4 Å². The SMILES string of the molecule is CNC1=CCC(=Nc2cc(C)c(N)cc2Nc2ccccc2)C=C1C. The number of aryl methyl sites for hydroxylation is 1. The third kappa shape index (κ3) is 3.91. The van der Waals surface area contributed by atoms with Crippen molar-refractivity contribution in [3.8, 4) is 0 Å². The van der Waals surface area contributed by atoms with Gasteiger partial charge in [-0.2, -0.15) is 0 Å². The van der Waals surface area contributed by atoms with E-state index in [1.54, 1.807) is 0 Å². The van der Waals surface area contributed by atoms with Crippen LogP contribution in [-0.2, 0) is 0 Å². The highest BCUT2D eigenvalue weighted by Gasteiger charge is 2.10. The van der Waals surface area contributed by atoms with Gasteiger partial charge < -0.3 is 16.4 Å². The molecule has 3 rings (SSSR count). The Morgan fingerprint density at radius 2 is 1.84 bits per heavy atom. The Morgan fingerprint density at radius 1 is 1.08 bits per heavy atom. The third-order valence-electron chi connectivity index (χ3n) is 4.29. The highest BCUT2D eigenvalue weighted by Crippen LogP contribution is 2.33. The fourth-order valence-electron chi connectivity index (χ4n) is 2.87. The summed E-state index contributed by atoms with van der Waals surface area (Å²) >= 11 is 0. The van der Waals surface area contributed by atoms with E-state index in [0.717, 1.165) is 46.1 Å². The molecule has 0 unspecified atom stereocenters. The summed E-state index contributed by atoms with van der Waals surface area (Å²) < 4.78 is 0. The lowest BCUT2D eigenvalue weighted by Gasteiger charge is -2.16. The first-order valence-corrected chi connectivity index (χ1v) is 8.43. The molecule has 2 aromatic rings. The predicted molar refractivity (Wildman–Crippen MR) is 108 cm³/mol. The van der Waals surface area contributed by atoms with Gasteiger partial charge in [0.1, 0.15) is 0 Å². The maximum atomic E-state index is 6.12. The molecule has 0 saturated carbocycles. The Labute approximate surface area is 149 Å². The Kier molecular flexibility index (Phi) is 4.89. The van der Waals surface area contributed by atoms with Gasteiger partial charge in [0, 0.05) is 36.3 Å². The zero-order valence-corrected chi connectivity index (χ0v) is 14.9. The molecule has 0 heterocycles. The molecule has 0 spiro atoms. The number of hydrogen-bond donors (Lipinski definition) is 3. The first-order valence-electron chi connectivity index (χ1n) is 8.43. The van der Waals surface area contributed by atoms with Crippen LogP contribution in [0.3, 0.4) is 0 Å². The molecule has 0 aromatic heterocycles. The summed E-state index contributed by atoms with van der Waals surface area (Å²) in [7, 11) is 1.94. The maximum absolute atomic E-state index is 6.12. The van der Waals surface area contributed by atoms with Gasteiger partial charge in [0.15, 0.2) is 0 Å². The van der Waals surface area contributed by atoms with E-state index in [4.69, 9.17) is 10.7 Å². The van der Waals surface area contributed by atoms with Crippen LogP contribution in [0.25, 0.3) is 0 Å². The summed E-state index contributed by atoms with van der Waals surface area (Å²) in [6.07, 6.45) is 5.11. The second-order valence-corrected chi connectivity index (χ2v) is 6.22. The first-order chi connectivity index (χ1) is 12.1. The molecular formula is C21H24N4. The lowest BCUT2D eigenvalue weighted by atomic mass is 10.0. The van der Waals surface area contributed by atoms with Gasteiger partial charge >= 0.3 is 0 Å². The van der Waals surface area contributed by atoms with Crippen molar-refractivity contribution >= 4 is 28.5 Å². The second kappa shape index (κ2) is 7.26. The van der Waals surface area contributed by atoms with E-state index in [0.29, 0.717) is 0 Å². The summed E-state index contributed by atoms with van der Waals surface area (Å²) in [5.74, 6) is 0. The number of rotatable bonds is 4. The van der Waals surface area contributed by atoms with E-state index in [2.05, 4.69) is 29.7 Å². The monoisotopic (exact) mass is 332 g/mol. The highest BCUT2D eigenvalue weighted by molar-refractivity contribution is 6.01. The average molecular weight is 332 g/mol. The summed E-state index contributed by atoms with van der Waals surface area (Å²) in [6, 6.07) is 14.0. The number of benzene rings is 2. The second-order valence-electron chi connectivity index (χ2n) is 6.22. The molecule has 0 radical (unpaired) electrons. The molecule has 0 saturated heterocycles. The lowest BCUT2D eigenvalue weighted by molar-refractivity contribution is 0.982. The van der Waals surface area contributed by atoms with Crippen LogP contribution in [0.5, 0.6) is 0 Å². The minimum atomic E-state index is 0.759. The number of anilines is 3. The van der Waals surface area contributed by atoms with E-state index >= 15 is 0 Å². The first kappa shape index (κ1) is 16.8. The van der Waals surface area contributed by atoms with Crippen molar-refractivity contribution in [3.05, 3.63) is 71.5 Å². The Morgan fingerprint density at radius 3 is 2.52 bits per heavy atom. The molecule has 0 aliphatic heterocycles. The number of likely N-dealkylation sites (N-methyl/N-ethyl adjacent to an activating group) is 1. The smallest absolute Gasteiger partial charge is 0.0872 e. The number of nitrogen functional groups attached to an aromatic ring is 1. The standard InChI is InChI=1S/C21H24N4/c1-14-12-20(25-17-9-10-19(23-3)15(2)11-17)21(13-18(14)22)24-16-7-5-4-6-8-16/h4-8,10-13,23-24H,9,22H2,1-3H3. The van der Waals surface area contributed by atoms with E-state index in [1.165, 1.54) is 5.57 Å². The zero-order chi connectivity index (χ0) is 17.8.